The fourth-order valence-corrected chi connectivity index (χ4v) is 5.25. The molecule has 1 atom stereocenters. The molecule has 0 N–H and O–H groups in total. The van der Waals surface area contributed by atoms with Crippen molar-refractivity contribution in [1.82, 2.24) is 9.78 Å². The molecular weight excluding hydrogens is 395 g/mol. The number of hydrogen-bond donors (Lipinski definition) is 0. The van der Waals surface area contributed by atoms with Gasteiger partial charge in [0, 0.05) is 21.8 Å². The van der Waals surface area contributed by atoms with Crippen LogP contribution in [-0.2, 0) is 9.84 Å². The van der Waals surface area contributed by atoms with E-state index >= 15 is 0 Å². The van der Waals surface area contributed by atoms with Gasteiger partial charge in [-0.2, -0.15) is 5.10 Å². The Labute approximate surface area is 162 Å². The van der Waals surface area contributed by atoms with E-state index in [0.29, 0.717) is 22.0 Å². The number of ketones is 1. The Balaban J connectivity index is 1.87. The molecule has 0 unspecified atom stereocenters. The predicted octanol–water partition coefficient (Wildman–Crippen LogP) is 4.06. The molecule has 0 aliphatic carbocycles. The minimum atomic E-state index is -2.99. The number of rotatable bonds is 4. The summed E-state index contributed by atoms with van der Waals surface area (Å²) in [5.74, 6) is 0.0368. The highest BCUT2D eigenvalue weighted by Crippen LogP contribution is 2.27. The number of aryl methyl sites for hydroxylation is 1. The maximum Gasteiger partial charge on any atom is 0.187 e. The maximum atomic E-state index is 12.4. The monoisotopic (exact) mass is 412 g/mol. The van der Waals surface area contributed by atoms with E-state index in [1.807, 2.05) is 13.8 Å². The first-order chi connectivity index (χ1) is 12.2. The first kappa shape index (κ1) is 19.1. The lowest BCUT2D eigenvalue weighted by atomic mass is 10.1. The molecule has 1 aliphatic heterocycles. The van der Waals surface area contributed by atoms with Crippen LogP contribution in [0.4, 0.5) is 0 Å². The van der Waals surface area contributed by atoms with Crippen LogP contribution in [-0.4, -0.2) is 35.5 Å². The number of sulfone groups is 1. The Morgan fingerprint density at radius 3 is 2.69 bits per heavy atom. The SMILES string of the molecule is Cc1nn([C@@H]2CCS(=O)(=O)C2)c(C)c1/C=C/C(=O)c1cc(Cl)ccc1Cl. The summed E-state index contributed by atoms with van der Waals surface area (Å²) < 4.78 is 25.2. The molecule has 1 fully saturated rings. The summed E-state index contributed by atoms with van der Waals surface area (Å²) in [7, 11) is -2.99. The van der Waals surface area contributed by atoms with Gasteiger partial charge in [0.25, 0.3) is 0 Å². The fourth-order valence-electron chi connectivity index (χ4n) is 3.18. The number of benzene rings is 1. The van der Waals surface area contributed by atoms with Crippen molar-refractivity contribution in [2.75, 3.05) is 11.5 Å². The molecule has 0 bridgehead atoms. The van der Waals surface area contributed by atoms with Crippen LogP contribution in [0.5, 0.6) is 0 Å². The van der Waals surface area contributed by atoms with Gasteiger partial charge in [-0.15, -0.1) is 0 Å². The van der Waals surface area contributed by atoms with E-state index in [1.165, 1.54) is 12.1 Å². The van der Waals surface area contributed by atoms with Crippen LogP contribution in [0.3, 0.4) is 0 Å². The zero-order chi connectivity index (χ0) is 19.1. The van der Waals surface area contributed by atoms with Gasteiger partial charge in [0.15, 0.2) is 15.6 Å². The van der Waals surface area contributed by atoms with Gasteiger partial charge in [-0.25, -0.2) is 8.42 Å². The van der Waals surface area contributed by atoms with Crippen LogP contribution in [0, 0.1) is 13.8 Å². The van der Waals surface area contributed by atoms with Crippen molar-refractivity contribution in [3.8, 4) is 0 Å². The highest BCUT2D eigenvalue weighted by Gasteiger charge is 2.31. The molecule has 138 valence electrons. The van der Waals surface area contributed by atoms with Crippen molar-refractivity contribution < 1.29 is 13.2 Å². The largest absolute Gasteiger partial charge is 0.289 e. The summed E-state index contributed by atoms with van der Waals surface area (Å²) in [5, 5.41) is 5.26. The van der Waals surface area contributed by atoms with Gasteiger partial charge in [-0.05, 0) is 50.6 Å². The van der Waals surface area contributed by atoms with Gasteiger partial charge in [0.1, 0.15) is 0 Å². The summed E-state index contributed by atoms with van der Waals surface area (Å²) in [4.78, 5) is 12.4. The second kappa shape index (κ2) is 7.18. The molecular formula is C18H18Cl2N2O3S. The number of carbonyl (C=O) groups excluding carboxylic acids is 1. The van der Waals surface area contributed by atoms with E-state index < -0.39 is 9.84 Å². The number of carbonyl (C=O) groups is 1. The number of allylic oxidation sites excluding steroid dienone is 1. The molecule has 8 heteroatoms. The predicted molar refractivity (Wildman–Crippen MR) is 104 cm³/mol. The van der Waals surface area contributed by atoms with Gasteiger partial charge in [-0.1, -0.05) is 23.2 Å². The first-order valence-electron chi connectivity index (χ1n) is 8.11. The summed E-state index contributed by atoms with van der Waals surface area (Å²) in [5.41, 5.74) is 2.72. The molecule has 0 spiro atoms. The number of hydrogen-bond acceptors (Lipinski definition) is 4. The Kier molecular flexibility index (Phi) is 5.28. The third-order valence-corrected chi connectivity index (χ3v) is 6.85. The van der Waals surface area contributed by atoms with Crippen LogP contribution in [0.15, 0.2) is 24.3 Å². The Morgan fingerprint density at radius 1 is 1.31 bits per heavy atom. The summed E-state index contributed by atoms with van der Waals surface area (Å²) >= 11 is 12.0. The summed E-state index contributed by atoms with van der Waals surface area (Å²) in [6, 6.07) is 4.58. The minimum Gasteiger partial charge on any atom is -0.289 e. The molecule has 1 saturated heterocycles. The van der Waals surface area contributed by atoms with E-state index in [1.54, 1.807) is 22.9 Å². The lowest BCUT2D eigenvalue weighted by Crippen LogP contribution is -2.13. The van der Waals surface area contributed by atoms with Crippen LogP contribution in [0.1, 0.15) is 39.8 Å². The third kappa shape index (κ3) is 3.87. The molecule has 3 rings (SSSR count). The second-order valence-corrected chi connectivity index (χ2v) is 9.48. The van der Waals surface area contributed by atoms with Crippen LogP contribution >= 0.6 is 23.2 Å². The van der Waals surface area contributed by atoms with Crippen LogP contribution in [0.2, 0.25) is 10.0 Å². The van der Waals surface area contributed by atoms with Crippen molar-refractivity contribution >= 4 is 44.9 Å². The van der Waals surface area contributed by atoms with Crippen LogP contribution < -0.4 is 0 Å². The lowest BCUT2D eigenvalue weighted by molar-refractivity contribution is 0.104. The summed E-state index contributed by atoms with van der Waals surface area (Å²) in [6.45, 7) is 3.71. The standard InChI is InChI=1S/C18H18Cl2N2O3S/c1-11-15(4-6-18(23)16-9-13(19)3-5-17(16)20)12(2)22(21-11)14-7-8-26(24,25)10-14/h3-6,9,14H,7-8,10H2,1-2H3/b6-4+/t14-/m1/s1. The van der Waals surface area contributed by atoms with E-state index in [4.69, 9.17) is 23.2 Å². The van der Waals surface area contributed by atoms with E-state index in [-0.39, 0.29) is 23.3 Å². The molecule has 1 aliphatic rings. The van der Waals surface area contributed by atoms with Crippen molar-refractivity contribution in [1.29, 1.82) is 0 Å². The van der Waals surface area contributed by atoms with Gasteiger partial charge < -0.3 is 0 Å². The van der Waals surface area contributed by atoms with Crippen molar-refractivity contribution in [3.05, 3.63) is 56.8 Å². The quantitative estimate of drug-likeness (QED) is 0.560. The molecule has 0 saturated carbocycles. The normalized spacial score (nSPS) is 19.3. The van der Waals surface area contributed by atoms with Gasteiger partial charge in [0.2, 0.25) is 0 Å². The fraction of sp³-hybridized carbons (Fsp3) is 0.333. The molecule has 1 aromatic heterocycles. The lowest BCUT2D eigenvalue weighted by Gasteiger charge is -2.10. The first-order valence-corrected chi connectivity index (χ1v) is 10.7. The molecule has 26 heavy (non-hydrogen) atoms. The molecule has 1 aromatic carbocycles. The Morgan fingerprint density at radius 2 is 2.04 bits per heavy atom. The second-order valence-electron chi connectivity index (χ2n) is 6.41. The Bertz CT molecular complexity index is 1010. The minimum absolute atomic E-state index is 0.106. The van der Waals surface area contributed by atoms with E-state index in [9.17, 15) is 13.2 Å². The Hall–Kier alpha value is -1.63. The molecule has 5 nitrogen and oxygen atoms in total. The highest BCUT2D eigenvalue weighted by atomic mass is 35.5. The number of halogens is 2. The zero-order valence-corrected chi connectivity index (χ0v) is 16.7. The smallest absolute Gasteiger partial charge is 0.187 e. The maximum absolute atomic E-state index is 12.4. The van der Waals surface area contributed by atoms with Gasteiger partial charge >= 0.3 is 0 Å². The highest BCUT2D eigenvalue weighted by molar-refractivity contribution is 7.91. The summed E-state index contributed by atoms with van der Waals surface area (Å²) in [6.07, 6.45) is 3.69. The average molecular weight is 413 g/mol. The molecule has 2 heterocycles. The molecule has 0 amide bonds. The van der Waals surface area contributed by atoms with Crippen molar-refractivity contribution in [2.24, 2.45) is 0 Å². The van der Waals surface area contributed by atoms with E-state index in [2.05, 4.69) is 5.10 Å². The van der Waals surface area contributed by atoms with Crippen LogP contribution in [0.25, 0.3) is 6.08 Å². The van der Waals surface area contributed by atoms with Gasteiger partial charge in [0.05, 0.1) is 28.3 Å². The van der Waals surface area contributed by atoms with Crippen molar-refractivity contribution in [3.63, 3.8) is 0 Å². The van der Waals surface area contributed by atoms with Crippen molar-refractivity contribution in [2.45, 2.75) is 26.3 Å². The third-order valence-electron chi connectivity index (χ3n) is 4.53. The average Bonchev–Trinajstić information content (AvgIpc) is 3.07. The number of aromatic nitrogens is 2. The van der Waals surface area contributed by atoms with E-state index in [0.717, 1.165) is 17.0 Å². The molecule has 2 aromatic rings. The molecule has 0 radical (unpaired) electrons. The zero-order valence-electron chi connectivity index (χ0n) is 14.4. The van der Waals surface area contributed by atoms with Gasteiger partial charge in [-0.3, -0.25) is 9.48 Å². The topological polar surface area (TPSA) is 69.0 Å². The number of nitrogens with zero attached hydrogens (tertiary/aromatic N) is 2.